The molecule has 10 heavy (non-hydrogen) atoms. The fraction of sp³-hybridized carbons (Fsp3) is 0.143. The van der Waals surface area contributed by atoms with Gasteiger partial charge in [-0.15, -0.1) is 0 Å². The van der Waals surface area contributed by atoms with Crippen molar-refractivity contribution in [1.29, 1.82) is 0 Å². The van der Waals surface area contributed by atoms with Crippen molar-refractivity contribution in [3.05, 3.63) is 30.1 Å². The van der Waals surface area contributed by atoms with E-state index in [1.165, 1.54) is 0 Å². The Bertz CT molecular complexity index is 212. The second kappa shape index (κ2) is 3.46. The maximum Gasteiger partial charge on any atom is 0.138 e. The lowest BCUT2D eigenvalue weighted by Gasteiger charge is -1.97. The predicted molar refractivity (Wildman–Crippen MR) is 42.0 cm³/mol. The van der Waals surface area contributed by atoms with Gasteiger partial charge in [0.1, 0.15) is 6.29 Å². The number of carbonyl (C=O) groups excluding carboxylic acids is 1. The van der Waals surface area contributed by atoms with Gasteiger partial charge in [0.2, 0.25) is 0 Å². The largest absolute Gasteiger partial charge is 0.302 e. The Balaban J connectivity index is 2.84. The van der Waals surface area contributed by atoms with Crippen LogP contribution in [0.25, 0.3) is 0 Å². The van der Waals surface area contributed by atoms with Gasteiger partial charge in [0, 0.05) is 12.4 Å². The van der Waals surface area contributed by atoms with Crippen LogP contribution in [-0.2, 0) is 4.79 Å². The van der Waals surface area contributed by atoms with Gasteiger partial charge in [-0.25, -0.2) is 0 Å². The molecule has 3 heteroatoms. The van der Waals surface area contributed by atoms with E-state index in [0.717, 1.165) is 11.8 Å². The summed E-state index contributed by atoms with van der Waals surface area (Å²) < 4.78 is 0. The monoisotopic (exact) mass is 199 g/mol. The van der Waals surface area contributed by atoms with E-state index in [4.69, 9.17) is 0 Å². The molecule has 0 saturated carbocycles. The Labute approximate surface area is 67.4 Å². The predicted octanol–water partition coefficient (Wildman–Crippen LogP) is 1.72. The lowest BCUT2D eigenvalue weighted by atomic mass is 10.2. The molecule has 1 atom stereocenters. The van der Waals surface area contributed by atoms with Crippen molar-refractivity contribution in [1.82, 2.24) is 4.98 Å². The molecule has 0 unspecified atom stereocenters. The number of hydrogen-bond acceptors (Lipinski definition) is 2. The standard InChI is InChI=1S/C7H6BrNO/c8-7(5-10)6-2-1-3-9-4-6/h1-5,7H/t7-/m1/s1. The van der Waals surface area contributed by atoms with E-state index in [-0.39, 0.29) is 4.83 Å². The number of aromatic nitrogens is 1. The lowest BCUT2D eigenvalue weighted by molar-refractivity contribution is -0.107. The summed E-state index contributed by atoms with van der Waals surface area (Å²) in [5.41, 5.74) is 0.887. The zero-order valence-corrected chi connectivity index (χ0v) is 6.78. The molecule has 0 fully saturated rings. The zero-order valence-electron chi connectivity index (χ0n) is 5.20. The molecule has 1 aromatic heterocycles. The van der Waals surface area contributed by atoms with Crippen molar-refractivity contribution in [3.8, 4) is 0 Å². The maximum atomic E-state index is 10.2. The van der Waals surface area contributed by atoms with Crippen LogP contribution in [0.15, 0.2) is 24.5 Å². The van der Waals surface area contributed by atoms with Crippen LogP contribution in [0.1, 0.15) is 10.4 Å². The molecule has 2 nitrogen and oxygen atoms in total. The minimum absolute atomic E-state index is 0.221. The summed E-state index contributed by atoms with van der Waals surface area (Å²) in [5, 5.41) is 0. The van der Waals surface area contributed by atoms with Gasteiger partial charge in [0.25, 0.3) is 0 Å². The molecular formula is C7H6BrNO. The van der Waals surface area contributed by atoms with Crippen LogP contribution in [-0.4, -0.2) is 11.3 Å². The highest BCUT2D eigenvalue weighted by Crippen LogP contribution is 2.17. The highest BCUT2D eigenvalue weighted by molar-refractivity contribution is 9.09. The number of rotatable bonds is 2. The molecule has 0 aliphatic heterocycles. The van der Waals surface area contributed by atoms with Crippen molar-refractivity contribution >= 4 is 22.2 Å². The Kier molecular flexibility index (Phi) is 2.57. The van der Waals surface area contributed by atoms with Gasteiger partial charge in [0.05, 0.1) is 4.83 Å². The van der Waals surface area contributed by atoms with Crippen molar-refractivity contribution in [2.75, 3.05) is 0 Å². The number of alkyl halides is 1. The van der Waals surface area contributed by atoms with Crippen molar-refractivity contribution in [3.63, 3.8) is 0 Å². The third-order valence-electron chi connectivity index (χ3n) is 1.12. The highest BCUT2D eigenvalue weighted by atomic mass is 79.9. The molecule has 0 aromatic carbocycles. The normalized spacial score (nSPS) is 12.5. The Morgan fingerprint density at radius 2 is 2.50 bits per heavy atom. The zero-order chi connectivity index (χ0) is 7.40. The van der Waals surface area contributed by atoms with Crippen molar-refractivity contribution < 1.29 is 4.79 Å². The van der Waals surface area contributed by atoms with E-state index in [1.807, 2.05) is 6.07 Å². The minimum atomic E-state index is -0.221. The second-order valence-electron chi connectivity index (χ2n) is 1.82. The molecular weight excluding hydrogens is 194 g/mol. The first kappa shape index (κ1) is 7.41. The third-order valence-corrected chi connectivity index (χ3v) is 1.87. The van der Waals surface area contributed by atoms with E-state index in [0.29, 0.717) is 0 Å². The highest BCUT2D eigenvalue weighted by Gasteiger charge is 2.02. The minimum Gasteiger partial charge on any atom is -0.302 e. The first-order valence-electron chi connectivity index (χ1n) is 2.84. The maximum absolute atomic E-state index is 10.2. The van der Waals surface area contributed by atoms with E-state index >= 15 is 0 Å². The van der Waals surface area contributed by atoms with Gasteiger partial charge in [-0.3, -0.25) is 4.98 Å². The van der Waals surface area contributed by atoms with Gasteiger partial charge < -0.3 is 4.79 Å². The molecule has 1 heterocycles. The van der Waals surface area contributed by atoms with Crippen molar-refractivity contribution in [2.24, 2.45) is 0 Å². The van der Waals surface area contributed by atoms with Crippen LogP contribution in [0.5, 0.6) is 0 Å². The summed E-state index contributed by atoms with van der Waals surface area (Å²) in [4.78, 5) is 13.9. The number of aldehydes is 1. The number of nitrogens with zero attached hydrogens (tertiary/aromatic N) is 1. The smallest absolute Gasteiger partial charge is 0.138 e. The summed E-state index contributed by atoms with van der Waals surface area (Å²) in [6.45, 7) is 0. The summed E-state index contributed by atoms with van der Waals surface area (Å²) in [7, 11) is 0. The van der Waals surface area contributed by atoms with Crippen molar-refractivity contribution in [2.45, 2.75) is 4.83 Å². The van der Waals surface area contributed by atoms with Crippen LogP contribution in [0.2, 0.25) is 0 Å². The fourth-order valence-electron chi connectivity index (χ4n) is 0.618. The molecule has 52 valence electrons. The average Bonchev–Trinajstić information content (AvgIpc) is 2.05. The SMILES string of the molecule is O=C[C@@H](Br)c1cccnc1. The quantitative estimate of drug-likeness (QED) is 0.537. The third kappa shape index (κ3) is 1.64. The molecule has 0 radical (unpaired) electrons. The number of hydrogen-bond donors (Lipinski definition) is 0. The molecule has 1 aromatic rings. The van der Waals surface area contributed by atoms with E-state index < -0.39 is 0 Å². The second-order valence-corrected chi connectivity index (χ2v) is 2.81. The summed E-state index contributed by atoms with van der Waals surface area (Å²) in [5.74, 6) is 0. The Morgan fingerprint density at radius 1 is 1.70 bits per heavy atom. The van der Waals surface area contributed by atoms with E-state index in [2.05, 4.69) is 20.9 Å². The molecule has 0 amide bonds. The van der Waals surface area contributed by atoms with Gasteiger partial charge in [-0.1, -0.05) is 22.0 Å². The van der Waals surface area contributed by atoms with Crippen LogP contribution >= 0.6 is 15.9 Å². The number of halogens is 1. The molecule has 0 bridgehead atoms. The van der Waals surface area contributed by atoms with Crippen LogP contribution in [0.4, 0.5) is 0 Å². The summed E-state index contributed by atoms with van der Waals surface area (Å²) in [6.07, 6.45) is 4.17. The van der Waals surface area contributed by atoms with Gasteiger partial charge in [-0.05, 0) is 11.6 Å². The first-order chi connectivity index (χ1) is 4.84. The van der Waals surface area contributed by atoms with Gasteiger partial charge >= 0.3 is 0 Å². The fourth-order valence-corrected chi connectivity index (χ4v) is 0.888. The summed E-state index contributed by atoms with van der Waals surface area (Å²) >= 11 is 3.18. The topological polar surface area (TPSA) is 30.0 Å². The van der Waals surface area contributed by atoms with Gasteiger partial charge in [-0.2, -0.15) is 0 Å². The molecule has 0 N–H and O–H groups in total. The van der Waals surface area contributed by atoms with Gasteiger partial charge in [0.15, 0.2) is 0 Å². The van der Waals surface area contributed by atoms with E-state index in [1.54, 1.807) is 18.5 Å². The van der Waals surface area contributed by atoms with Crippen LogP contribution in [0.3, 0.4) is 0 Å². The molecule has 1 rings (SSSR count). The number of carbonyl (C=O) groups is 1. The van der Waals surface area contributed by atoms with Crippen LogP contribution in [0, 0.1) is 0 Å². The Morgan fingerprint density at radius 3 is 3.00 bits per heavy atom. The molecule has 0 aliphatic rings. The molecule has 0 aliphatic carbocycles. The average molecular weight is 200 g/mol. The first-order valence-corrected chi connectivity index (χ1v) is 3.75. The molecule has 0 spiro atoms. The van der Waals surface area contributed by atoms with Crippen LogP contribution < -0.4 is 0 Å². The lowest BCUT2D eigenvalue weighted by Crippen LogP contribution is -1.89. The Hall–Kier alpha value is -0.700. The number of pyridine rings is 1. The summed E-state index contributed by atoms with van der Waals surface area (Å²) in [6, 6.07) is 3.65. The van der Waals surface area contributed by atoms with E-state index in [9.17, 15) is 4.79 Å². The molecule has 0 saturated heterocycles.